The maximum absolute atomic E-state index is 12.1. The first kappa shape index (κ1) is 15.5. The van der Waals surface area contributed by atoms with Crippen LogP contribution < -0.4 is 15.4 Å². The van der Waals surface area contributed by atoms with Gasteiger partial charge < -0.3 is 15.4 Å². The highest BCUT2D eigenvalue weighted by Crippen LogP contribution is 2.14. The van der Waals surface area contributed by atoms with Gasteiger partial charge in [0.15, 0.2) is 0 Å². The van der Waals surface area contributed by atoms with Crippen molar-refractivity contribution < 1.29 is 14.3 Å². The van der Waals surface area contributed by atoms with Crippen LogP contribution in [0.2, 0.25) is 0 Å². The van der Waals surface area contributed by atoms with Crippen molar-refractivity contribution in [3.63, 3.8) is 0 Å². The summed E-state index contributed by atoms with van der Waals surface area (Å²) in [5, 5.41) is 5.38. The third kappa shape index (κ3) is 4.05. The van der Waals surface area contributed by atoms with Crippen LogP contribution in [0.15, 0.2) is 42.6 Å². The molecule has 2 aromatic rings. The number of nitrogens with one attached hydrogen (secondary N) is 2. The highest BCUT2D eigenvalue weighted by atomic mass is 16.5. The first-order valence-corrected chi connectivity index (χ1v) is 6.83. The summed E-state index contributed by atoms with van der Waals surface area (Å²) in [5.74, 6) is 0.748. The fourth-order valence-corrected chi connectivity index (χ4v) is 1.72. The van der Waals surface area contributed by atoms with E-state index in [-0.39, 0.29) is 11.8 Å². The first-order chi connectivity index (χ1) is 10.6. The summed E-state index contributed by atoms with van der Waals surface area (Å²) in [6.45, 7) is 1.77. The molecule has 6 heteroatoms. The number of aromatic nitrogens is 1. The van der Waals surface area contributed by atoms with Crippen molar-refractivity contribution in [2.24, 2.45) is 0 Å². The summed E-state index contributed by atoms with van der Waals surface area (Å²) < 4.78 is 5.04. The van der Waals surface area contributed by atoms with E-state index in [1.807, 2.05) is 0 Å². The Bertz CT molecular complexity index is 651. The van der Waals surface area contributed by atoms with Gasteiger partial charge >= 0.3 is 0 Å². The Labute approximate surface area is 128 Å². The molecule has 0 saturated heterocycles. The van der Waals surface area contributed by atoms with E-state index in [0.29, 0.717) is 29.2 Å². The first-order valence-electron chi connectivity index (χ1n) is 6.83. The summed E-state index contributed by atoms with van der Waals surface area (Å²) in [4.78, 5) is 27.4. The number of rotatable bonds is 5. The molecule has 0 radical (unpaired) electrons. The predicted molar refractivity (Wildman–Crippen MR) is 84.1 cm³/mol. The molecule has 0 spiro atoms. The fourth-order valence-electron chi connectivity index (χ4n) is 1.72. The van der Waals surface area contributed by atoms with Crippen LogP contribution in [0.4, 0.5) is 11.5 Å². The molecule has 0 fully saturated rings. The van der Waals surface area contributed by atoms with Crippen LogP contribution in [0.5, 0.6) is 5.75 Å². The summed E-state index contributed by atoms with van der Waals surface area (Å²) in [5.41, 5.74) is 1.10. The third-order valence-corrected chi connectivity index (χ3v) is 2.96. The predicted octanol–water partition coefficient (Wildman–Crippen LogP) is 2.69. The smallest absolute Gasteiger partial charge is 0.256 e. The number of hydrogen-bond acceptors (Lipinski definition) is 4. The zero-order valence-electron chi connectivity index (χ0n) is 12.4. The summed E-state index contributed by atoms with van der Waals surface area (Å²) in [6.07, 6.45) is 1.90. The van der Waals surface area contributed by atoms with Crippen molar-refractivity contribution in [1.82, 2.24) is 4.98 Å². The molecule has 0 aliphatic rings. The van der Waals surface area contributed by atoms with Gasteiger partial charge in [0.05, 0.1) is 19.0 Å². The van der Waals surface area contributed by atoms with E-state index in [1.54, 1.807) is 50.4 Å². The van der Waals surface area contributed by atoms with Gasteiger partial charge in [0.1, 0.15) is 11.6 Å². The molecule has 0 aliphatic heterocycles. The molecule has 1 aromatic carbocycles. The molecule has 2 N–H and O–H groups in total. The number of carbonyl (C=O) groups excluding carboxylic acids is 2. The number of methoxy groups -OCH3 is 1. The Morgan fingerprint density at radius 1 is 1.09 bits per heavy atom. The number of amides is 2. The maximum Gasteiger partial charge on any atom is 0.256 e. The molecular weight excluding hydrogens is 282 g/mol. The average Bonchev–Trinajstić information content (AvgIpc) is 2.56. The van der Waals surface area contributed by atoms with Crippen LogP contribution in [0.25, 0.3) is 0 Å². The normalized spacial score (nSPS) is 9.91. The van der Waals surface area contributed by atoms with Gasteiger partial charge in [-0.2, -0.15) is 0 Å². The van der Waals surface area contributed by atoms with Crippen molar-refractivity contribution in [2.45, 2.75) is 13.3 Å². The second-order valence-electron chi connectivity index (χ2n) is 4.52. The Morgan fingerprint density at radius 2 is 1.82 bits per heavy atom. The number of pyridine rings is 1. The van der Waals surface area contributed by atoms with Gasteiger partial charge in [0, 0.05) is 12.0 Å². The summed E-state index contributed by atoms with van der Waals surface area (Å²) in [6, 6.07) is 10.1. The summed E-state index contributed by atoms with van der Waals surface area (Å²) >= 11 is 0. The number of ether oxygens (including phenoxy) is 1. The van der Waals surface area contributed by atoms with E-state index >= 15 is 0 Å². The number of hydrogen-bond donors (Lipinski definition) is 2. The van der Waals surface area contributed by atoms with Crippen LogP contribution in [-0.4, -0.2) is 23.9 Å². The molecule has 6 nitrogen and oxygen atoms in total. The molecule has 2 amide bonds. The number of anilines is 2. The van der Waals surface area contributed by atoms with Gasteiger partial charge in [-0.15, -0.1) is 0 Å². The number of nitrogens with zero attached hydrogens (tertiary/aromatic N) is 1. The lowest BCUT2D eigenvalue weighted by atomic mass is 10.2. The molecule has 0 unspecified atom stereocenters. The second kappa shape index (κ2) is 7.21. The van der Waals surface area contributed by atoms with Crippen molar-refractivity contribution in [3.05, 3.63) is 48.2 Å². The van der Waals surface area contributed by atoms with E-state index in [1.165, 1.54) is 6.20 Å². The van der Waals surface area contributed by atoms with Gasteiger partial charge in [-0.3, -0.25) is 9.59 Å². The Balaban J connectivity index is 2.00. The standard InChI is InChI=1S/C16H17N3O3/c1-3-15(20)18-12-6-9-14(17-10-12)19-16(21)11-4-7-13(22-2)8-5-11/h4-10H,3H2,1-2H3,(H,18,20)(H,17,19,21). The Hall–Kier alpha value is -2.89. The van der Waals surface area contributed by atoms with Crippen LogP contribution in [-0.2, 0) is 4.79 Å². The molecule has 0 atom stereocenters. The molecule has 1 heterocycles. The minimum absolute atomic E-state index is 0.0863. The highest BCUT2D eigenvalue weighted by molar-refractivity contribution is 6.03. The van der Waals surface area contributed by atoms with Gasteiger partial charge in [-0.05, 0) is 36.4 Å². The van der Waals surface area contributed by atoms with Gasteiger partial charge in [-0.25, -0.2) is 4.98 Å². The number of benzene rings is 1. The molecule has 0 bridgehead atoms. The van der Waals surface area contributed by atoms with Crippen molar-refractivity contribution in [2.75, 3.05) is 17.7 Å². The largest absolute Gasteiger partial charge is 0.497 e. The molecule has 22 heavy (non-hydrogen) atoms. The molecule has 1 aromatic heterocycles. The molecule has 114 valence electrons. The van der Waals surface area contributed by atoms with Crippen molar-refractivity contribution in [3.8, 4) is 5.75 Å². The topological polar surface area (TPSA) is 80.3 Å². The lowest BCUT2D eigenvalue weighted by molar-refractivity contribution is -0.115. The van der Waals surface area contributed by atoms with E-state index < -0.39 is 0 Å². The van der Waals surface area contributed by atoms with Crippen molar-refractivity contribution >= 4 is 23.3 Å². The third-order valence-electron chi connectivity index (χ3n) is 2.96. The minimum Gasteiger partial charge on any atom is -0.497 e. The lowest BCUT2D eigenvalue weighted by Gasteiger charge is -2.07. The SMILES string of the molecule is CCC(=O)Nc1ccc(NC(=O)c2ccc(OC)cc2)nc1. The average molecular weight is 299 g/mol. The Morgan fingerprint density at radius 3 is 2.36 bits per heavy atom. The van der Waals surface area contributed by atoms with Gasteiger partial charge in [0.2, 0.25) is 5.91 Å². The van der Waals surface area contributed by atoms with Crippen LogP contribution in [0.3, 0.4) is 0 Å². The Kier molecular flexibility index (Phi) is 5.08. The lowest BCUT2D eigenvalue weighted by Crippen LogP contribution is -2.13. The number of carbonyl (C=O) groups is 2. The maximum atomic E-state index is 12.1. The quantitative estimate of drug-likeness (QED) is 0.889. The van der Waals surface area contributed by atoms with E-state index in [2.05, 4.69) is 15.6 Å². The van der Waals surface area contributed by atoms with E-state index in [0.717, 1.165) is 0 Å². The summed E-state index contributed by atoms with van der Waals surface area (Å²) in [7, 11) is 1.57. The second-order valence-corrected chi connectivity index (χ2v) is 4.52. The molecule has 0 saturated carbocycles. The zero-order valence-corrected chi connectivity index (χ0v) is 12.4. The molecule has 0 aliphatic carbocycles. The van der Waals surface area contributed by atoms with Gasteiger partial charge in [-0.1, -0.05) is 6.92 Å². The monoisotopic (exact) mass is 299 g/mol. The van der Waals surface area contributed by atoms with E-state index in [4.69, 9.17) is 4.74 Å². The zero-order chi connectivity index (χ0) is 15.9. The van der Waals surface area contributed by atoms with Crippen LogP contribution in [0.1, 0.15) is 23.7 Å². The minimum atomic E-state index is -0.263. The molecular formula is C16H17N3O3. The fraction of sp³-hybridized carbons (Fsp3) is 0.188. The highest BCUT2D eigenvalue weighted by Gasteiger charge is 2.07. The van der Waals surface area contributed by atoms with Crippen LogP contribution >= 0.6 is 0 Å². The molecule has 2 rings (SSSR count). The van der Waals surface area contributed by atoms with Gasteiger partial charge in [0.25, 0.3) is 5.91 Å². The van der Waals surface area contributed by atoms with Crippen molar-refractivity contribution in [1.29, 1.82) is 0 Å². The van der Waals surface area contributed by atoms with Crippen LogP contribution in [0, 0.1) is 0 Å². The van der Waals surface area contributed by atoms with E-state index in [9.17, 15) is 9.59 Å².